The molecule has 8 nitrogen and oxygen atoms in total. The van der Waals surface area contributed by atoms with Crippen molar-refractivity contribution in [3.05, 3.63) is 71.2 Å². The largest absolute Gasteiger partial charge is 0.340 e. The number of aromatic nitrogens is 5. The fraction of sp³-hybridized carbons (Fsp3) is 0.211. The van der Waals surface area contributed by atoms with Crippen molar-refractivity contribution in [2.24, 2.45) is 0 Å². The van der Waals surface area contributed by atoms with Crippen molar-refractivity contribution in [1.82, 2.24) is 29.0 Å². The molecule has 1 aromatic carbocycles. The van der Waals surface area contributed by atoms with Crippen LogP contribution in [-0.2, 0) is 11.3 Å². The van der Waals surface area contributed by atoms with Crippen molar-refractivity contribution in [1.29, 1.82) is 0 Å². The maximum Gasteiger partial charge on any atom is 0.261 e. The van der Waals surface area contributed by atoms with E-state index in [1.807, 2.05) is 34.9 Å². The van der Waals surface area contributed by atoms with E-state index in [-0.39, 0.29) is 23.9 Å². The summed E-state index contributed by atoms with van der Waals surface area (Å²) in [6.45, 7) is 1.14. The normalized spacial score (nSPS) is 14.6. The number of para-hydroxylation sites is 1. The van der Waals surface area contributed by atoms with Crippen LogP contribution in [0, 0.1) is 0 Å². The molecule has 1 aliphatic heterocycles. The summed E-state index contributed by atoms with van der Waals surface area (Å²) in [6.07, 6.45) is 3.36. The average molecular weight is 360 g/mol. The second-order valence-electron chi connectivity index (χ2n) is 6.68. The third-order valence-electron chi connectivity index (χ3n) is 4.98. The molecule has 3 aromatic heterocycles. The number of benzene rings is 1. The van der Waals surface area contributed by atoms with Gasteiger partial charge in [0.1, 0.15) is 12.4 Å². The Morgan fingerprint density at radius 2 is 1.89 bits per heavy atom. The van der Waals surface area contributed by atoms with Gasteiger partial charge in [0, 0.05) is 19.3 Å². The van der Waals surface area contributed by atoms with Crippen LogP contribution in [0.1, 0.15) is 11.7 Å². The fourth-order valence-electron chi connectivity index (χ4n) is 3.45. The molecular formula is C19H16N6O2. The first-order valence-electron chi connectivity index (χ1n) is 8.72. The zero-order valence-corrected chi connectivity index (χ0v) is 14.4. The lowest BCUT2D eigenvalue weighted by molar-refractivity contribution is -0.136. The topological polar surface area (TPSA) is 85.4 Å². The molecule has 4 heterocycles. The Morgan fingerprint density at radius 3 is 2.78 bits per heavy atom. The van der Waals surface area contributed by atoms with Gasteiger partial charge in [-0.3, -0.25) is 18.6 Å². The van der Waals surface area contributed by atoms with Crippen molar-refractivity contribution in [2.75, 3.05) is 13.1 Å². The number of hydrogen-bond acceptors (Lipinski definition) is 5. The van der Waals surface area contributed by atoms with E-state index in [1.54, 1.807) is 23.1 Å². The maximum absolute atomic E-state index is 12.6. The molecule has 5 rings (SSSR count). The summed E-state index contributed by atoms with van der Waals surface area (Å²) in [5.74, 6) is 0.913. The van der Waals surface area contributed by atoms with Gasteiger partial charge < -0.3 is 4.90 Å². The molecule has 1 saturated heterocycles. The maximum atomic E-state index is 12.6. The molecule has 134 valence electrons. The van der Waals surface area contributed by atoms with E-state index >= 15 is 0 Å². The van der Waals surface area contributed by atoms with E-state index in [2.05, 4.69) is 15.2 Å². The minimum Gasteiger partial charge on any atom is -0.340 e. The van der Waals surface area contributed by atoms with Gasteiger partial charge >= 0.3 is 0 Å². The summed E-state index contributed by atoms with van der Waals surface area (Å²) in [6, 6.07) is 12.9. The van der Waals surface area contributed by atoms with Crippen LogP contribution in [0.25, 0.3) is 16.6 Å². The first-order valence-corrected chi connectivity index (χ1v) is 8.72. The lowest BCUT2D eigenvalue weighted by Gasteiger charge is -2.38. The van der Waals surface area contributed by atoms with Crippen LogP contribution in [0.5, 0.6) is 0 Å². The summed E-state index contributed by atoms with van der Waals surface area (Å²) in [7, 11) is 0. The van der Waals surface area contributed by atoms with Gasteiger partial charge in [0.15, 0.2) is 5.65 Å². The van der Waals surface area contributed by atoms with E-state index in [1.165, 1.54) is 10.9 Å². The van der Waals surface area contributed by atoms with Crippen LogP contribution in [0.2, 0.25) is 0 Å². The third-order valence-corrected chi connectivity index (χ3v) is 4.98. The Bertz CT molecular complexity index is 1220. The van der Waals surface area contributed by atoms with E-state index in [4.69, 9.17) is 0 Å². The van der Waals surface area contributed by atoms with Crippen LogP contribution in [0.15, 0.2) is 59.8 Å². The molecule has 0 saturated carbocycles. The van der Waals surface area contributed by atoms with Crippen molar-refractivity contribution >= 4 is 22.5 Å². The quantitative estimate of drug-likeness (QED) is 0.545. The lowest BCUT2D eigenvalue weighted by Crippen LogP contribution is -2.50. The van der Waals surface area contributed by atoms with Crippen LogP contribution in [0.4, 0.5) is 0 Å². The van der Waals surface area contributed by atoms with E-state index < -0.39 is 0 Å². The monoisotopic (exact) mass is 360 g/mol. The predicted octanol–water partition coefficient (Wildman–Crippen LogP) is 1.07. The molecule has 8 heteroatoms. The molecule has 1 fully saturated rings. The highest BCUT2D eigenvalue weighted by Crippen LogP contribution is 2.26. The van der Waals surface area contributed by atoms with Gasteiger partial charge in [-0.05, 0) is 24.3 Å². The average Bonchev–Trinajstić information content (AvgIpc) is 3.07. The number of fused-ring (bicyclic) bond motifs is 2. The summed E-state index contributed by atoms with van der Waals surface area (Å²) in [5, 5.41) is 8.93. The number of rotatable bonds is 3. The standard InChI is InChI=1S/C19H16N6O2/c26-17(11-24-12-20-15-6-2-1-5-14(15)19(24)27)23-9-13(10-23)18-22-21-16-7-3-4-8-25(16)18/h1-8,12-13H,9-11H2. The molecule has 27 heavy (non-hydrogen) atoms. The minimum absolute atomic E-state index is 0.00995. The molecule has 4 aromatic rings. The molecular weight excluding hydrogens is 344 g/mol. The second-order valence-corrected chi connectivity index (χ2v) is 6.68. The highest BCUT2D eigenvalue weighted by atomic mass is 16.2. The number of carbonyl (C=O) groups excluding carboxylic acids is 1. The third kappa shape index (κ3) is 2.57. The van der Waals surface area contributed by atoms with Crippen molar-refractivity contribution in [3.8, 4) is 0 Å². The number of likely N-dealkylation sites (tertiary alicyclic amines) is 1. The van der Waals surface area contributed by atoms with Gasteiger partial charge in [-0.25, -0.2) is 4.98 Å². The number of nitrogens with zero attached hydrogens (tertiary/aromatic N) is 6. The van der Waals surface area contributed by atoms with E-state index in [0.29, 0.717) is 24.0 Å². The summed E-state index contributed by atoms with van der Waals surface area (Å²) < 4.78 is 3.31. The van der Waals surface area contributed by atoms with Crippen molar-refractivity contribution in [3.63, 3.8) is 0 Å². The van der Waals surface area contributed by atoms with Gasteiger partial charge in [-0.15, -0.1) is 10.2 Å². The summed E-state index contributed by atoms with van der Waals surface area (Å²) >= 11 is 0. The summed E-state index contributed by atoms with van der Waals surface area (Å²) in [4.78, 5) is 31.1. The number of carbonyl (C=O) groups is 1. The van der Waals surface area contributed by atoms with Crippen molar-refractivity contribution in [2.45, 2.75) is 12.5 Å². The summed E-state index contributed by atoms with van der Waals surface area (Å²) in [5.41, 5.74) is 1.23. The number of amides is 1. The van der Waals surface area contributed by atoms with Gasteiger partial charge in [-0.2, -0.15) is 0 Å². The van der Waals surface area contributed by atoms with Gasteiger partial charge in [0.05, 0.1) is 23.1 Å². The first kappa shape index (κ1) is 15.7. The van der Waals surface area contributed by atoms with Crippen LogP contribution < -0.4 is 5.56 Å². The predicted molar refractivity (Wildman–Crippen MR) is 98.3 cm³/mol. The Balaban J connectivity index is 1.31. The molecule has 0 aliphatic carbocycles. The van der Waals surface area contributed by atoms with E-state index in [0.717, 1.165) is 11.5 Å². The Kier molecular flexibility index (Phi) is 3.49. The molecule has 0 spiro atoms. The minimum atomic E-state index is -0.200. The Hall–Kier alpha value is -3.55. The molecule has 0 unspecified atom stereocenters. The fourth-order valence-corrected chi connectivity index (χ4v) is 3.45. The first-order chi connectivity index (χ1) is 13.2. The Morgan fingerprint density at radius 1 is 1.07 bits per heavy atom. The smallest absolute Gasteiger partial charge is 0.261 e. The highest BCUT2D eigenvalue weighted by molar-refractivity contribution is 5.79. The van der Waals surface area contributed by atoms with Gasteiger partial charge in [-0.1, -0.05) is 18.2 Å². The van der Waals surface area contributed by atoms with Crippen LogP contribution >= 0.6 is 0 Å². The molecule has 0 atom stereocenters. The highest BCUT2D eigenvalue weighted by Gasteiger charge is 2.34. The van der Waals surface area contributed by atoms with Crippen LogP contribution in [0.3, 0.4) is 0 Å². The van der Waals surface area contributed by atoms with Gasteiger partial charge in [0.2, 0.25) is 5.91 Å². The van der Waals surface area contributed by atoms with E-state index in [9.17, 15) is 9.59 Å². The molecule has 1 amide bonds. The number of pyridine rings is 1. The molecule has 0 radical (unpaired) electrons. The molecule has 1 aliphatic rings. The number of hydrogen-bond donors (Lipinski definition) is 0. The van der Waals surface area contributed by atoms with Crippen molar-refractivity contribution < 1.29 is 4.79 Å². The molecule has 0 N–H and O–H groups in total. The van der Waals surface area contributed by atoms with Gasteiger partial charge in [0.25, 0.3) is 5.56 Å². The lowest BCUT2D eigenvalue weighted by atomic mass is 9.99. The molecule has 0 bridgehead atoms. The van der Waals surface area contributed by atoms with Crippen LogP contribution in [-0.4, -0.2) is 48.0 Å². The zero-order valence-electron chi connectivity index (χ0n) is 14.4. The SMILES string of the molecule is O=C(Cn1cnc2ccccc2c1=O)N1CC(c2nnc3ccccn23)C1. The zero-order chi connectivity index (χ0) is 18.4. The second kappa shape index (κ2) is 6.01. The Labute approximate surface area is 153 Å².